The molecule has 0 aliphatic carbocycles. The van der Waals surface area contributed by atoms with E-state index in [4.69, 9.17) is 39.2 Å². The number of carboxylic acids is 1. The van der Waals surface area contributed by atoms with Crippen LogP contribution in [0.2, 0.25) is 0 Å². The number of hydrogen-bond donors (Lipinski definition) is 27. The van der Waals surface area contributed by atoms with Crippen LogP contribution >= 0.6 is 25.3 Å². The topological polar surface area (TPSA) is 720 Å². The molecule has 3 saturated heterocycles. The number of para-hydroxylation sites is 1. The van der Waals surface area contributed by atoms with Crippen LogP contribution in [-0.4, -0.2) is 293 Å². The fraction of sp³-hybridized carbons (Fsp3) is 0.536. The average molecular weight is 1880 g/mol. The number of nitrogens with one attached hydrogen (secondary N) is 20. The van der Waals surface area contributed by atoms with Gasteiger partial charge in [0.25, 0.3) is 0 Å². The van der Waals surface area contributed by atoms with Gasteiger partial charge in [0, 0.05) is 119 Å². The summed E-state index contributed by atoms with van der Waals surface area (Å²) >= 11 is 8.91. The number of aromatic amines is 3. The second-order valence-electron chi connectivity index (χ2n) is 32.5. The Morgan fingerprint density at radius 2 is 0.826 bits per heavy atom. The molecule has 0 spiro atoms. The Kier molecular flexibility index (Phi) is 41.1. The van der Waals surface area contributed by atoms with E-state index in [1.165, 1.54) is 46.7 Å². The number of amides is 15. The van der Waals surface area contributed by atoms with Crippen LogP contribution in [0.1, 0.15) is 146 Å². The predicted molar refractivity (Wildman–Crippen MR) is 489 cm³/mol. The fourth-order valence-corrected chi connectivity index (χ4v) is 16.4. The molecule has 3 aliphatic heterocycles. The minimum absolute atomic E-state index is 0.000263. The number of unbranched alkanes of at least 4 members (excludes halogenated alkanes) is 1. The summed E-state index contributed by atoms with van der Waals surface area (Å²) in [6.07, 6.45) is 7.93. The first-order valence-electron chi connectivity index (χ1n) is 43.9. The van der Waals surface area contributed by atoms with Crippen molar-refractivity contribution in [2.75, 3.05) is 50.8 Å². The number of benzene rings is 2. The van der Waals surface area contributed by atoms with Gasteiger partial charge in [-0.25, -0.2) is 9.97 Å². The normalized spacial score (nSPS) is 17.1. The third-order valence-corrected chi connectivity index (χ3v) is 23.4. The number of likely N-dealkylation sites (tertiary alicyclic amines) is 3. The molecule has 48 heteroatoms. The van der Waals surface area contributed by atoms with Crippen molar-refractivity contribution in [2.24, 2.45) is 22.9 Å². The van der Waals surface area contributed by atoms with Crippen molar-refractivity contribution in [3.8, 4) is 0 Å². The monoisotopic (exact) mass is 1870 g/mol. The molecule has 0 radical (unpaired) electrons. The Morgan fingerprint density at radius 1 is 0.447 bits per heavy atom. The molecule has 46 nitrogen and oxygen atoms in total. The van der Waals surface area contributed by atoms with E-state index in [1.54, 1.807) is 60.8 Å². The van der Waals surface area contributed by atoms with Gasteiger partial charge in [-0.15, -0.1) is 0 Å². The number of guanidine groups is 3. The number of carbonyl (C=O) groups excluding carboxylic acids is 15. The van der Waals surface area contributed by atoms with Gasteiger partial charge in [-0.1, -0.05) is 68.3 Å². The van der Waals surface area contributed by atoms with Gasteiger partial charge >= 0.3 is 5.97 Å². The Balaban J connectivity index is 0.991. The number of aliphatic carboxylic acids is 1. The molecule has 3 aromatic heterocycles. The van der Waals surface area contributed by atoms with Crippen LogP contribution in [0.4, 0.5) is 0 Å². The number of hydrogen-bond acceptors (Lipinski definition) is 23. The van der Waals surface area contributed by atoms with Crippen LogP contribution in [-0.2, 0) is 102 Å². The first-order valence-corrected chi connectivity index (χ1v) is 45.2. The van der Waals surface area contributed by atoms with E-state index in [0.29, 0.717) is 53.4 Å². The maximum absolute atomic E-state index is 15.4. The molecular weight excluding hydrogens is 1750 g/mol. The quantitative estimate of drug-likeness (QED) is 0.00754. The molecule has 3 fully saturated rings. The molecule has 8 rings (SSSR count). The highest BCUT2D eigenvalue weighted by Crippen LogP contribution is 2.28. The van der Waals surface area contributed by atoms with Gasteiger partial charge in [0.05, 0.1) is 24.0 Å². The number of imidazole rings is 2. The lowest BCUT2D eigenvalue weighted by Crippen LogP contribution is -2.61. The van der Waals surface area contributed by atoms with Gasteiger partial charge in [-0.05, 0) is 107 Å². The minimum atomic E-state index is -1.63. The Morgan fingerprint density at radius 3 is 1.29 bits per heavy atom. The van der Waals surface area contributed by atoms with E-state index in [1.807, 2.05) is 6.92 Å². The summed E-state index contributed by atoms with van der Waals surface area (Å²) in [7, 11) is 0. The van der Waals surface area contributed by atoms with Crippen molar-refractivity contribution < 1.29 is 81.8 Å². The molecule has 29 N–H and O–H groups in total. The number of aromatic nitrogens is 5. The Hall–Kier alpha value is -13.6. The summed E-state index contributed by atoms with van der Waals surface area (Å²) in [6.45, 7) is 3.53. The molecular formula is C84H123N29O17S2. The van der Waals surface area contributed by atoms with Crippen molar-refractivity contribution in [2.45, 2.75) is 233 Å². The van der Waals surface area contributed by atoms with Crippen LogP contribution in [0.25, 0.3) is 10.9 Å². The number of thiol groups is 2. The molecule has 15 amide bonds. The third kappa shape index (κ3) is 31.9. The molecule has 6 heterocycles. The number of rotatable bonds is 53. The zero-order valence-electron chi connectivity index (χ0n) is 73.6. The highest BCUT2D eigenvalue weighted by Gasteiger charge is 2.46. The summed E-state index contributed by atoms with van der Waals surface area (Å²) in [4.78, 5) is 250. The third-order valence-electron chi connectivity index (χ3n) is 22.6. The smallest absolute Gasteiger partial charge is 0.303 e. The SMILES string of the molecule is CCCC[C@H](NC(=O)[C@H](CCC(=O)O)NC(=O)[C@@H](CCCNC(=N)N)NC(=O)[C@@H]1CCCN1C(=O)[C@@H]1CCCN1C(=O)[C@H](CS)NC(=O)[C@H](Cc1c[nH]c2ccccc12)NC(=O)[C@H](Cc1c[nH]cn1)NC(=O)[C@@H](Cc1ccccc1)NC(=O)[C@H](Cc1c[nH]cn1)NC(=O)[C@@H]1CCCN1C(=O)[C@H](CS)NC(=O)[C@H](CCCNC(=N)N)NC(C)=O)C(=O)N[C@@H](CCCNC(=N)N)C(N)=O. The maximum atomic E-state index is 15.4. The van der Waals surface area contributed by atoms with E-state index in [0.717, 1.165) is 0 Å². The van der Waals surface area contributed by atoms with E-state index in [9.17, 15) is 53.1 Å². The number of carboxylic acid groups (broad SMARTS) is 1. The molecule has 0 unspecified atom stereocenters. The van der Waals surface area contributed by atoms with Crippen molar-refractivity contribution in [1.82, 2.24) is 114 Å². The average Bonchev–Trinajstić information content (AvgIpc) is 1.67. The van der Waals surface area contributed by atoms with Gasteiger partial charge < -0.3 is 132 Å². The lowest BCUT2D eigenvalue weighted by Gasteiger charge is -2.33. The molecule has 0 saturated carbocycles. The Bertz CT molecular complexity index is 4830. The van der Waals surface area contributed by atoms with E-state index < -0.39 is 198 Å². The highest BCUT2D eigenvalue weighted by atomic mass is 32.1. The van der Waals surface area contributed by atoms with E-state index >= 15 is 28.8 Å². The minimum Gasteiger partial charge on any atom is -0.481 e. The second kappa shape index (κ2) is 52.3. The molecule has 3 aliphatic rings. The van der Waals surface area contributed by atoms with Crippen LogP contribution in [0.15, 0.2) is 85.8 Å². The Labute approximate surface area is 772 Å². The summed E-state index contributed by atoms with van der Waals surface area (Å²) < 4.78 is 0. The zero-order valence-corrected chi connectivity index (χ0v) is 75.4. The number of primary amides is 1. The number of nitrogens with two attached hydrogens (primary N) is 4. The van der Waals surface area contributed by atoms with Crippen LogP contribution in [0.5, 0.6) is 0 Å². The van der Waals surface area contributed by atoms with Crippen LogP contribution < -0.4 is 97.4 Å². The summed E-state index contributed by atoms with van der Waals surface area (Å²) in [5, 5.41) is 70.4. The standard InChI is InChI=1S/C84H123N29O17S2/c1-3-4-19-55(70(119)101-53(68(85)117)21-10-29-94-82(86)87)102-72(121)57(27-28-67(115)116)103-71(120)56(23-12-31-96-84(90)91)104-77(126)65-25-14-33-112(65)81(130)66-26-15-34-113(66)80(129)63(43-132)110-74(123)59(36-48-39-97-52-20-9-8-18-51(48)52)106-75(124)60(37-49-40-92-44-98-49)107-73(122)58(35-47-16-6-5-7-17-47)105-76(125)61(38-50-41-93-45-99-50)108-78(127)64-24-13-32-111(64)79(128)62(42-131)109-69(118)54(100-46(2)114)22-11-30-95-83(88)89/h5-9,16-18,20,39-41,44-45,53-66,97,131-132H,3-4,10-15,19,21-38,42-43H2,1-2H3,(H2,85,117)(H,92,98)(H,93,99)(H,100,114)(H,101,119)(H,102,121)(H,103,120)(H,104,126)(H,105,125)(H,106,124)(H,107,122)(H,108,127)(H,109,118)(H,110,123)(H,115,116)(H4,86,87,94)(H4,88,89,95)(H4,90,91,96)/t53-,54-,55-,56+,57-,58+,59-,60-,61-,62-,63-,64-,65-,66-/m0/s1. The summed E-state index contributed by atoms with van der Waals surface area (Å²) in [6, 6.07) is -3.64. The fourth-order valence-electron chi connectivity index (χ4n) is 15.9. The number of carbonyl (C=O) groups is 16. The predicted octanol–water partition coefficient (Wildman–Crippen LogP) is -4.60. The highest BCUT2D eigenvalue weighted by molar-refractivity contribution is 7.80. The molecule has 5 aromatic rings. The van der Waals surface area contributed by atoms with Crippen molar-refractivity contribution in [3.05, 3.63) is 108 Å². The summed E-state index contributed by atoms with van der Waals surface area (Å²) in [5.41, 5.74) is 24.3. The van der Waals surface area contributed by atoms with Crippen molar-refractivity contribution in [1.29, 1.82) is 16.2 Å². The van der Waals surface area contributed by atoms with E-state index in [2.05, 4.69) is 125 Å². The van der Waals surface area contributed by atoms with Crippen LogP contribution in [0.3, 0.4) is 0 Å². The largest absolute Gasteiger partial charge is 0.481 e. The first-order chi connectivity index (χ1) is 63.2. The van der Waals surface area contributed by atoms with Gasteiger partial charge in [-0.2, -0.15) is 25.3 Å². The first kappa shape index (κ1) is 104. The zero-order chi connectivity index (χ0) is 96.1. The van der Waals surface area contributed by atoms with Crippen molar-refractivity contribution in [3.63, 3.8) is 0 Å². The molecule has 14 atom stereocenters. The maximum Gasteiger partial charge on any atom is 0.303 e. The number of nitrogens with zero attached hydrogens (tertiary/aromatic N) is 5. The lowest BCUT2D eigenvalue weighted by molar-refractivity contribution is -0.148. The second-order valence-corrected chi connectivity index (χ2v) is 33.2. The lowest BCUT2D eigenvalue weighted by atomic mass is 10.0. The van der Waals surface area contributed by atoms with Gasteiger partial charge in [-0.3, -0.25) is 92.9 Å². The van der Waals surface area contributed by atoms with Gasteiger partial charge in [0.1, 0.15) is 84.6 Å². The van der Waals surface area contributed by atoms with Crippen molar-refractivity contribution >= 4 is 149 Å². The van der Waals surface area contributed by atoms with E-state index in [-0.39, 0.29) is 165 Å². The summed E-state index contributed by atoms with van der Waals surface area (Å²) in [5.74, 6) is -15.1. The molecule has 2 aromatic carbocycles. The molecule has 0 bridgehead atoms. The van der Waals surface area contributed by atoms with Gasteiger partial charge in [0.2, 0.25) is 88.6 Å². The van der Waals surface area contributed by atoms with Gasteiger partial charge in [0.15, 0.2) is 17.9 Å². The number of H-pyrrole nitrogens is 3. The number of fused-ring (bicyclic) bond motifs is 1. The van der Waals surface area contributed by atoms with Crippen LogP contribution in [0, 0.1) is 16.2 Å². The molecule has 718 valence electrons. The molecule has 132 heavy (non-hydrogen) atoms.